The fourth-order valence-electron chi connectivity index (χ4n) is 3.02. The quantitative estimate of drug-likeness (QED) is 0.487. The SMILES string of the molecule is COc1ccccc1OCC(=O)Nc1ccc2nc(-c3ccccc3OC)oc2c1. The molecule has 30 heavy (non-hydrogen) atoms. The summed E-state index contributed by atoms with van der Waals surface area (Å²) in [6, 6.07) is 19.9. The van der Waals surface area contributed by atoms with Gasteiger partial charge in [0.05, 0.1) is 19.8 Å². The number of hydrogen-bond donors (Lipinski definition) is 1. The van der Waals surface area contributed by atoms with Gasteiger partial charge in [0.2, 0.25) is 5.89 Å². The van der Waals surface area contributed by atoms with Crippen LogP contribution in [-0.2, 0) is 4.79 Å². The van der Waals surface area contributed by atoms with Crippen LogP contribution in [-0.4, -0.2) is 31.7 Å². The average molecular weight is 404 g/mol. The van der Waals surface area contributed by atoms with Crippen molar-refractivity contribution in [1.82, 2.24) is 4.98 Å². The summed E-state index contributed by atoms with van der Waals surface area (Å²) in [6.45, 7) is -0.152. The number of oxazole rings is 1. The van der Waals surface area contributed by atoms with Gasteiger partial charge in [-0.25, -0.2) is 4.98 Å². The van der Waals surface area contributed by atoms with Crippen LogP contribution in [0.25, 0.3) is 22.6 Å². The van der Waals surface area contributed by atoms with Crippen LogP contribution in [0.2, 0.25) is 0 Å². The van der Waals surface area contributed by atoms with Crippen molar-refractivity contribution in [1.29, 1.82) is 0 Å². The van der Waals surface area contributed by atoms with Crippen molar-refractivity contribution in [3.05, 3.63) is 66.7 Å². The average Bonchev–Trinajstić information content (AvgIpc) is 3.21. The number of carbonyl (C=O) groups excluding carboxylic acids is 1. The van der Waals surface area contributed by atoms with Crippen molar-refractivity contribution in [2.75, 3.05) is 26.1 Å². The molecular formula is C23H20N2O5. The summed E-state index contributed by atoms with van der Waals surface area (Å²) in [5.41, 5.74) is 2.57. The van der Waals surface area contributed by atoms with Crippen molar-refractivity contribution in [2.24, 2.45) is 0 Å². The first kappa shape index (κ1) is 19.3. The normalized spacial score (nSPS) is 10.6. The van der Waals surface area contributed by atoms with E-state index in [4.69, 9.17) is 18.6 Å². The number of amides is 1. The molecule has 0 fully saturated rings. The number of anilines is 1. The zero-order valence-corrected chi connectivity index (χ0v) is 16.5. The predicted molar refractivity (Wildman–Crippen MR) is 113 cm³/mol. The molecule has 3 aromatic carbocycles. The number of carbonyl (C=O) groups is 1. The summed E-state index contributed by atoms with van der Waals surface area (Å²) in [4.78, 5) is 16.8. The van der Waals surface area contributed by atoms with Gasteiger partial charge in [0.15, 0.2) is 23.7 Å². The highest BCUT2D eigenvalue weighted by Gasteiger charge is 2.14. The van der Waals surface area contributed by atoms with Gasteiger partial charge in [-0.2, -0.15) is 0 Å². The molecule has 1 amide bonds. The fourth-order valence-corrected chi connectivity index (χ4v) is 3.02. The van der Waals surface area contributed by atoms with Gasteiger partial charge >= 0.3 is 0 Å². The molecule has 0 radical (unpaired) electrons. The van der Waals surface area contributed by atoms with Crippen LogP contribution in [0.3, 0.4) is 0 Å². The first-order chi connectivity index (χ1) is 14.7. The van der Waals surface area contributed by atoms with Crippen LogP contribution < -0.4 is 19.5 Å². The van der Waals surface area contributed by atoms with Gasteiger partial charge in [-0.05, 0) is 36.4 Å². The molecule has 0 saturated carbocycles. The highest BCUT2D eigenvalue weighted by atomic mass is 16.5. The Balaban J connectivity index is 1.48. The minimum Gasteiger partial charge on any atom is -0.496 e. The second-order valence-electron chi connectivity index (χ2n) is 6.39. The lowest BCUT2D eigenvalue weighted by Crippen LogP contribution is -2.20. The van der Waals surface area contributed by atoms with Crippen molar-refractivity contribution >= 4 is 22.7 Å². The smallest absolute Gasteiger partial charge is 0.262 e. The molecule has 0 aliphatic carbocycles. The lowest BCUT2D eigenvalue weighted by molar-refractivity contribution is -0.118. The van der Waals surface area contributed by atoms with Gasteiger partial charge in [0.25, 0.3) is 5.91 Å². The van der Waals surface area contributed by atoms with E-state index in [0.717, 1.165) is 5.56 Å². The van der Waals surface area contributed by atoms with Crippen LogP contribution in [0, 0.1) is 0 Å². The first-order valence-corrected chi connectivity index (χ1v) is 9.27. The summed E-state index contributed by atoms with van der Waals surface area (Å²) in [5, 5.41) is 2.80. The number of hydrogen-bond acceptors (Lipinski definition) is 6. The molecule has 0 saturated heterocycles. The molecule has 0 atom stereocenters. The lowest BCUT2D eigenvalue weighted by atomic mass is 10.2. The Hall–Kier alpha value is -4.00. The largest absolute Gasteiger partial charge is 0.496 e. The number of ether oxygens (including phenoxy) is 3. The number of methoxy groups -OCH3 is 2. The third kappa shape index (κ3) is 4.05. The molecule has 7 heteroatoms. The maximum Gasteiger partial charge on any atom is 0.262 e. The van der Waals surface area contributed by atoms with Gasteiger partial charge in [-0.15, -0.1) is 0 Å². The number of nitrogens with one attached hydrogen (secondary N) is 1. The van der Waals surface area contributed by atoms with E-state index in [1.54, 1.807) is 44.6 Å². The van der Waals surface area contributed by atoms with Crippen molar-refractivity contribution in [3.8, 4) is 28.7 Å². The Bertz CT molecular complexity index is 1190. The molecule has 1 N–H and O–H groups in total. The highest BCUT2D eigenvalue weighted by molar-refractivity contribution is 5.94. The zero-order chi connectivity index (χ0) is 20.9. The Labute approximate surface area is 173 Å². The molecule has 0 spiro atoms. The second-order valence-corrected chi connectivity index (χ2v) is 6.39. The number of aromatic nitrogens is 1. The van der Waals surface area contributed by atoms with Crippen molar-refractivity contribution in [2.45, 2.75) is 0 Å². The minimum atomic E-state index is -0.301. The third-order valence-electron chi connectivity index (χ3n) is 4.44. The maximum absolute atomic E-state index is 12.3. The maximum atomic E-state index is 12.3. The van der Waals surface area contributed by atoms with E-state index in [1.807, 2.05) is 36.4 Å². The monoisotopic (exact) mass is 404 g/mol. The summed E-state index contributed by atoms with van der Waals surface area (Å²) < 4.78 is 22.0. The van der Waals surface area contributed by atoms with Crippen LogP contribution >= 0.6 is 0 Å². The molecule has 1 heterocycles. The Morgan fingerprint density at radius 3 is 2.40 bits per heavy atom. The standard InChI is InChI=1S/C23H20N2O5/c1-27-18-8-4-3-7-16(18)23-25-17-12-11-15(13-21(17)30-23)24-22(26)14-29-20-10-6-5-9-19(20)28-2/h3-13H,14H2,1-2H3,(H,24,26). The molecule has 0 unspecified atom stereocenters. The third-order valence-corrected chi connectivity index (χ3v) is 4.44. The van der Waals surface area contributed by atoms with Gasteiger partial charge in [0.1, 0.15) is 11.3 Å². The lowest BCUT2D eigenvalue weighted by Gasteiger charge is -2.10. The van der Waals surface area contributed by atoms with E-state index < -0.39 is 0 Å². The predicted octanol–water partition coefficient (Wildman–Crippen LogP) is 4.53. The molecule has 4 rings (SSSR count). The van der Waals surface area contributed by atoms with E-state index in [9.17, 15) is 4.79 Å². The second kappa shape index (κ2) is 8.57. The first-order valence-electron chi connectivity index (χ1n) is 9.27. The van der Waals surface area contributed by atoms with Crippen LogP contribution in [0.4, 0.5) is 5.69 Å². The molecule has 0 bridgehead atoms. The van der Waals surface area contributed by atoms with Gasteiger partial charge in [0, 0.05) is 11.8 Å². The van der Waals surface area contributed by atoms with Gasteiger partial charge < -0.3 is 23.9 Å². The van der Waals surface area contributed by atoms with Crippen molar-refractivity contribution < 1.29 is 23.4 Å². The van der Waals surface area contributed by atoms with Gasteiger partial charge in [-0.3, -0.25) is 4.79 Å². The molecule has 0 aliphatic rings. The molecule has 1 aromatic heterocycles. The number of para-hydroxylation sites is 3. The molecule has 152 valence electrons. The van der Waals surface area contributed by atoms with Gasteiger partial charge in [-0.1, -0.05) is 24.3 Å². The summed E-state index contributed by atoms with van der Waals surface area (Å²) in [5.74, 6) is 1.89. The molecular weight excluding hydrogens is 384 g/mol. The van der Waals surface area contributed by atoms with Crippen LogP contribution in [0.1, 0.15) is 0 Å². The van der Waals surface area contributed by atoms with E-state index in [0.29, 0.717) is 39.9 Å². The van der Waals surface area contributed by atoms with E-state index in [2.05, 4.69) is 10.3 Å². The summed E-state index contributed by atoms with van der Waals surface area (Å²) >= 11 is 0. The minimum absolute atomic E-state index is 0.152. The number of benzene rings is 3. The van der Waals surface area contributed by atoms with E-state index in [-0.39, 0.29) is 12.5 Å². The topological polar surface area (TPSA) is 82.8 Å². The number of rotatable bonds is 7. The summed E-state index contributed by atoms with van der Waals surface area (Å²) in [7, 11) is 3.15. The Kier molecular flexibility index (Phi) is 5.52. The summed E-state index contributed by atoms with van der Waals surface area (Å²) in [6.07, 6.45) is 0. The Morgan fingerprint density at radius 1 is 0.933 bits per heavy atom. The fraction of sp³-hybridized carbons (Fsp3) is 0.130. The van der Waals surface area contributed by atoms with E-state index >= 15 is 0 Å². The van der Waals surface area contributed by atoms with Crippen LogP contribution in [0.5, 0.6) is 17.2 Å². The zero-order valence-electron chi connectivity index (χ0n) is 16.5. The highest BCUT2D eigenvalue weighted by Crippen LogP contribution is 2.32. The van der Waals surface area contributed by atoms with Crippen LogP contribution in [0.15, 0.2) is 71.1 Å². The van der Waals surface area contributed by atoms with Crippen molar-refractivity contribution in [3.63, 3.8) is 0 Å². The number of nitrogens with zero attached hydrogens (tertiary/aromatic N) is 1. The molecule has 0 aliphatic heterocycles. The van der Waals surface area contributed by atoms with E-state index in [1.165, 1.54) is 0 Å². The number of fused-ring (bicyclic) bond motifs is 1. The molecule has 7 nitrogen and oxygen atoms in total. The Morgan fingerprint density at radius 2 is 1.63 bits per heavy atom. The molecule has 4 aromatic rings.